The Bertz CT molecular complexity index is 1920. The number of halogens is 1. The van der Waals surface area contributed by atoms with Gasteiger partial charge in [0.2, 0.25) is 21.8 Å². The number of amides is 5. The van der Waals surface area contributed by atoms with Gasteiger partial charge in [0, 0.05) is 30.9 Å². The molecule has 15 nitrogen and oxygen atoms in total. The molecule has 5 atom stereocenters. The van der Waals surface area contributed by atoms with E-state index in [1.54, 1.807) is 26.8 Å². The molecule has 2 aliphatic heterocycles. The van der Waals surface area contributed by atoms with E-state index in [2.05, 4.69) is 21.9 Å². The number of ketones is 1. The molecule has 5 aliphatic rings. The standard InChI is InChI=1S/C39H50FN5O10S/c1-5-25-19-39(25,35(49)43-56(52,53)28-15-16-28)42-33(47)32-18-27(54-37(51)44-20-24-10-7-11-30(40)29(24)22-44)21-45(32)34(48)31(41-36(50)55-38(2,3)4)17-14-26(46)13-12-23-8-6-9-23/h5,7,10-13,23,25,27-28,31-32H,1,6,8-9,14-22H2,2-4H3,(H,41,50)(H,42,47)(H,43,49)/b13-12+/t25?,27-,31+,32+,39-/m1/s1. The Morgan fingerprint density at radius 1 is 1.09 bits per heavy atom. The predicted molar refractivity (Wildman–Crippen MR) is 199 cm³/mol. The van der Waals surface area contributed by atoms with Crippen LogP contribution < -0.4 is 15.4 Å². The van der Waals surface area contributed by atoms with Crippen molar-refractivity contribution in [3.8, 4) is 0 Å². The molecule has 56 heavy (non-hydrogen) atoms. The molecule has 1 aromatic carbocycles. The zero-order valence-electron chi connectivity index (χ0n) is 31.9. The first kappa shape index (κ1) is 40.9. The topological polar surface area (TPSA) is 198 Å². The number of fused-ring (bicyclic) bond motifs is 1. The van der Waals surface area contributed by atoms with Crippen LogP contribution in [-0.2, 0) is 51.8 Å². The van der Waals surface area contributed by atoms with Crippen molar-refractivity contribution in [1.82, 2.24) is 25.2 Å². The van der Waals surface area contributed by atoms with Crippen molar-refractivity contribution in [2.45, 2.75) is 126 Å². The van der Waals surface area contributed by atoms with E-state index < -0.39 is 86.2 Å². The van der Waals surface area contributed by atoms with Gasteiger partial charge >= 0.3 is 12.2 Å². The van der Waals surface area contributed by atoms with Crippen LogP contribution in [0.5, 0.6) is 0 Å². The molecule has 3 N–H and O–H groups in total. The molecule has 17 heteroatoms. The number of alkyl carbamates (subject to hydrolysis) is 1. The van der Waals surface area contributed by atoms with Gasteiger partial charge in [0.05, 0.1) is 18.3 Å². The number of ether oxygens (including phenoxy) is 2. The first-order chi connectivity index (χ1) is 26.4. The van der Waals surface area contributed by atoms with E-state index in [0.29, 0.717) is 29.9 Å². The Morgan fingerprint density at radius 2 is 1.82 bits per heavy atom. The van der Waals surface area contributed by atoms with Gasteiger partial charge in [-0.25, -0.2) is 22.4 Å². The molecule has 1 unspecified atom stereocenters. The van der Waals surface area contributed by atoms with Crippen molar-refractivity contribution < 1.29 is 51.0 Å². The summed E-state index contributed by atoms with van der Waals surface area (Å²) in [6.45, 7) is 8.37. The van der Waals surface area contributed by atoms with Crippen LogP contribution in [0.1, 0.15) is 89.7 Å². The summed E-state index contributed by atoms with van der Waals surface area (Å²) in [7, 11) is -3.97. The minimum atomic E-state index is -3.97. The quantitative estimate of drug-likeness (QED) is 0.185. The van der Waals surface area contributed by atoms with Gasteiger partial charge in [-0.15, -0.1) is 6.58 Å². The Kier molecular flexibility index (Phi) is 11.7. The summed E-state index contributed by atoms with van der Waals surface area (Å²) in [4.78, 5) is 83.8. The Morgan fingerprint density at radius 3 is 2.43 bits per heavy atom. The van der Waals surface area contributed by atoms with Gasteiger partial charge in [0.15, 0.2) is 5.78 Å². The Hall–Kier alpha value is -4.80. The fourth-order valence-electron chi connectivity index (χ4n) is 7.27. The first-order valence-electron chi connectivity index (χ1n) is 19.1. The molecule has 4 fully saturated rings. The lowest BCUT2D eigenvalue weighted by atomic mass is 9.85. The summed E-state index contributed by atoms with van der Waals surface area (Å²) in [5, 5.41) is 4.52. The maximum absolute atomic E-state index is 14.5. The number of carbonyl (C=O) groups excluding carboxylic acids is 6. The van der Waals surface area contributed by atoms with Crippen molar-refractivity contribution in [1.29, 1.82) is 0 Å². The molecule has 6 rings (SSSR count). The highest BCUT2D eigenvalue weighted by molar-refractivity contribution is 7.91. The van der Waals surface area contributed by atoms with Gasteiger partial charge in [0.25, 0.3) is 5.91 Å². The summed E-state index contributed by atoms with van der Waals surface area (Å²) < 4.78 is 53.1. The van der Waals surface area contributed by atoms with E-state index in [1.165, 1.54) is 29.2 Å². The number of hydrogen-bond acceptors (Lipinski definition) is 10. The lowest BCUT2D eigenvalue weighted by Crippen LogP contribution is -2.58. The maximum Gasteiger partial charge on any atom is 0.410 e. The highest BCUT2D eigenvalue weighted by atomic mass is 32.2. The third kappa shape index (κ3) is 9.41. The van der Waals surface area contributed by atoms with Crippen molar-refractivity contribution in [3.05, 3.63) is 60.0 Å². The molecule has 2 heterocycles. The van der Waals surface area contributed by atoms with Crippen molar-refractivity contribution >= 4 is 45.7 Å². The van der Waals surface area contributed by atoms with Crippen molar-refractivity contribution in [3.63, 3.8) is 0 Å². The number of nitrogens with zero attached hydrogens (tertiary/aromatic N) is 2. The number of rotatable bonds is 14. The van der Waals surface area contributed by atoms with E-state index in [1.807, 2.05) is 6.08 Å². The minimum absolute atomic E-state index is 0.0461. The van der Waals surface area contributed by atoms with Crippen LogP contribution in [0.25, 0.3) is 0 Å². The predicted octanol–water partition coefficient (Wildman–Crippen LogP) is 3.52. The van der Waals surface area contributed by atoms with E-state index in [9.17, 15) is 41.6 Å². The molecular formula is C39H50FN5O10S. The van der Waals surface area contributed by atoms with Crippen LogP contribution in [0.3, 0.4) is 0 Å². The molecule has 0 spiro atoms. The van der Waals surface area contributed by atoms with E-state index in [4.69, 9.17) is 9.47 Å². The van der Waals surface area contributed by atoms with Crippen LogP contribution in [0.2, 0.25) is 0 Å². The molecular weight excluding hydrogens is 750 g/mol. The largest absolute Gasteiger partial charge is 0.444 e. The molecule has 3 aliphatic carbocycles. The number of carbonyl (C=O) groups is 6. The second-order valence-corrected chi connectivity index (χ2v) is 18.4. The van der Waals surface area contributed by atoms with Crippen LogP contribution in [-0.4, -0.2) is 95.0 Å². The molecule has 0 bridgehead atoms. The van der Waals surface area contributed by atoms with Crippen LogP contribution in [0.4, 0.5) is 14.0 Å². The number of hydrogen-bond donors (Lipinski definition) is 3. The smallest absolute Gasteiger partial charge is 0.410 e. The maximum atomic E-state index is 14.5. The molecule has 3 saturated carbocycles. The number of benzene rings is 1. The van der Waals surface area contributed by atoms with Gasteiger partial charge in [0.1, 0.15) is 35.1 Å². The Balaban J connectivity index is 1.22. The Labute approximate surface area is 325 Å². The van der Waals surface area contributed by atoms with Crippen LogP contribution in [0, 0.1) is 17.7 Å². The summed E-state index contributed by atoms with van der Waals surface area (Å²) in [6.07, 6.45) is 5.39. The van der Waals surface area contributed by atoms with E-state index in [0.717, 1.165) is 24.2 Å². The number of sulfonamides is 1. The fraction of sp³-hybridized carbons (Fsp3) is 0.590. The molecule has 5 amide bonds. The zero-order valence-corrected chi connectivity index (χ0v) is 32.7. The minimum Gasteiger partial charge on any atom is -0.444 e. The molecule has 0 aromatic heterocycles. The summed E-state index contributed by atoms with van der Waals surface area (Å²) in [6, 6.07) is 1.82. The molecule has 0 radical (unpaired) electrons. The fourth-order valence-corrected chi connectivity index (χ4v) is 8.64. The van der Waals surface area contributed by atoms with Crippen molar-refractivity contribution in [2.75, 3.05) is 6.54 Å². The van der Waals surface area contributed by atoms with E-state index >= 15 is 0 Å². The van der Waals surface area contributed by atoms with Crippen LogP contribution >= 0.6 is 0 Å². The molecule has 1 saturated heterocycles. The lowest BCUT2D eigenvalue weighted by molar-refractivity contribution is -0.141. The summed E-state index contributed by atoms with van der Waals surface area (Å²) >= 11 is 0. The first-order valence-corrected chi connectivity index (χ1v) is 20.7. The highest BCUT2D eigenvalue weighted by Gasteiger charge is 2.62. The lowest BCUT2D eigenvalue weighted by Gasteiger charge is -2.30. The number of allylic oxidation sites excluding steroid dienone is 2. The third-order valence-corrected chi connectivity index (χ3v) is 12.7. The van der Waals surface area contributed by atoms with Crippen molar-refractivity contribution in [2.24, 2.45) is 11.8 Å². The zero-order chi connectivity index (χ0) is 40.6. The second kappa shape index (κ2) is 16.0. The molecule has 304 valence electrons. The van der Waals surface area contributed by atoms with Gasteiger partial charge in [-0.1, -0.05) is 30.7 Å². The second-order valence-electron chi connectivity index (χ2n) is 16.4. The number of nitrogens with one attached hydrogen (secondary N) is 3. The van der Waals surface area contributed by atoms with Gasteiger partial charge in [-0.2, -0.15) is 0 Å². The number of likely N-dealkylation sites (tertiary alicyclic amines) is 1. The monoisotopic (exact) mass is 799 g/mol. The summed E-state index contributed by atoms with van der Waals surface area (Å²) in [5.74, 6) is -3.55. The van der Waals surface area contributed by atoms with E-state index in [-0.39, 0.29) is 51.1 Å². The summed E-state index contributed by atoms with van der Waals surface area (Å²) in [5.41, 5.74) is -1.63. The normalized spacial score (nSPS) is 25.1. The average Bonchev–Trinajstić information content (AvgIpc) is 3.99. The SMILES string of the molecule is C=CC1C[C@]1(NC(=O)[C@@H]1C[C@@H](OC(=O)N2Cc3cccc(F)c3C2)CN1C(=O)[C@H](CCC(=O)/C=C/C1CCC1)NC(=O)OC(C)(C)C)C(=O)NS(=O)(=O)C1CC1. The average molecular weight is 800 g/mol. The van der Waals surface area contributed by atoms with Gasteiger partial charge in [-0.3, -0.25) is 28.8 Å². The molecule has 1 aromatic rings. The van der Waals surface area contributed by atoms with Crippen LogP contribution in [0.15, 0.2) is 43.0 Å². The van der Waals surface area contributed by atoms with Gasteiger partial charge < -0.3 is 25.0 Å². The van der Waals surface area contributed by atoms with Gasteiger partial charge in [-0.05, 0) is 82.9 Å². The highest BCUT2D eigenvalue weighted by Crippen LogP contribution is 2.45. The third-order valence-electron chi connectivity index (χ3n) is 10.9.